The van der Waals surface area contributed by atoms with E-state index in [2.05, 4.69) is 4.98 Å². The fourth-order valence-electron chi connectivity index (χ4n) is 0.857. The van der Waals surface area contributed by atoms with Gasteiger partial charge in [0.1, 0.15) is 5.02 Å². The van der Waals surface area contributed by atoms with Crippen LogP contribution in [0.15, 0.2) is 12.3 Å². The molecule has 0 amide bonds. The second-order valence-electron chi connectivity index (χ2n) is 2.23. The number of ether oxygens (including phenoxy) is 1. The second-order valence-corrected chi connectivity index (χ2v) is 2.60. The molecule has 1 aromatic rings. The van der Waals surface area contributed by atoms with Crippen molar-refractivity contribution in [2.75, 3.05) is 6.61 Å². The summed E-state index contributed by atoms with van der Waals surface area (Å²) >= 11 is 5.92. The second kappa shape index (κ2) is 4.28. The molecule has 0 fully saturated rings. The molecule has 0 aliphatic rings. The first-order chi connectivity index (χ1) is 5.79. The number of aromatic nitrogens is 1. The van der Waals surface area contributed by atoms with E-state index in [-0.39, 0.29) is 0 Å². The highest BCUT2D eigenvalue weighted by Gasteiger charge is 2.05. The van der Waals surface area contributed by atoms with E-state index in [1.807, 2.05) is 6.92 Å². The van der Waals surface area contributed by atoms with E-state index < -0.39 is 0 Å². The Morgan fingerprint density at radius 2 is 2.42 bits per heavy atom. The van der Waals surface area contributed by atoms with Crippen molar-refractivity contribution >= 4 is 11.6 Å². The molecule has 0 bridgehead atoms. The van der Waals surface area contributed by atoms with Gasteiger partial charge in [-0.1, -0.05) is 11.6 Å². The predicted octanol–water partition coefficient (Wildman–Crippen LogP) is 1.59. The van der Waals surface area contributed by atoms with Crippen LogP contribution in [0.1, 0.15) is 12.5 Å². The zero-order valence-electron chi connectivity index (χ0n) is 6.88. The first kappa shape index (κ1) is 9.29. The molecule has 1 heterocycles. The minimum absolute atomic E-state index is 0.404. The zero-order valence-corrected chi connectivity index (χ0v) is 7.64. The topological polar surface area (TPSA) is 48.1 Å². The molecule has 0 aromatic carbocycles. The lowest BCUT2D eigenvalue weighted by molar-refractivity contribution is 0.326. The third kappa shape index (κ3) is 1.87. The van der Waals surface area contributed by atoms with Crippen LogP contribution in [0.3, 0.4) is 0 Å². The smallest absolute Gasteiger partial charge is 0.232 e. The van der Waals surface area contributed by atoms with Crippen LogP contribution >= 0.6 is 11.6 Å². The van der Waals surface area contributed by atoms with Crippen molar-refractivity contribution in [2.24, 2.45) is 5.73 Å². The maximum absolute atomic E-state index is 5.92. The van der Waals surface area contributed by atoms with Gasteiger partial charge in [0, 0.05) is 12.7 Å². The summed E-state index contributed by atoms with van der Waals surface area (Å²) < 4.78 is 5.18. The van der Waals surface area contributed by atoms with Crippen LogP contribution < -0.4 is 10.5 Å². The molecule has 0 aliphatic carbocycles. The fourth-order valence-corrected chi connectivity index (χ4v) is 1.10. The molecule has 2 N–H and O–H groups in total. The number of hydrogen-bond acceptors (Lipinski definition) is 3. The third-order valence-electron chi connectivity index (χ3n) is 1.44. The van der Waals surface area contributed by atoms with Gasteiger partial charge in [-0.05, 0) is 18.6 Å². The SMILES string of the molecule is CCOc1nccc(CN)c1Cl. The highest BCUT2D eigenvalue weighted by molar-refractivity contribution is 6.32. The van der Waals surface area contributed by atoms with Crippen LogP contribution in [-0.4, -0.2) is 11.6 Å². The molecular formula is C8H11ClN2O. The Labute approximate surface area is 76.5 Å². The number of halogens is 1. The van der Waals surface area contributed by atoms with Crippen LogP contribution in [0.2, 0.25) is 5.02 Å². The molecule has 0 aliphatic heterocycles. The summed E-state index contributed by atoms with van der Waals surface area (Å²) in [6.45, 7) is 2.84. The van der Waals surface area contributed by atoms with E-state index in [9.17, 15) is 0 Å². The van der Waals surface area contributed by atoms with Crippen molar-refractivity contribution in [1.29, 1.82) is 0 Å². The molecule has 4 heteroatoms. The van der Waals surface area contributed by atoms with Gasteiger partial charge in [-0.2, -0.15) is 0 Å². The molecule has 0 saturated carbocycles. The molecule has 0 saturated heterocycles. The van der Waals surface area contributed by atoms with Crippen LogP contribution in [0.5, 0.6) is 5.88 Å². The minimum atomic E-state index is 0.404. The molecule has 12 heavy (non-hydrogen) atoms. The molecule has 3 nitrogen and oxygen atoms in total. The molecule has 0 unspecified atom stereocenters. The number of nitrogens with zero attached hydrogens (tertiary/aromatic N) is 1. The average molecular weight is 187 g/mol. The standard InChI is InChI=1S/C8H11ClN2O/c1-2-12-8-7(9)6(5-10)3-4-11-8/h3-4H,2,5,10H2,1H3. The monoisotopic (exact) mass is 186 g/mol. The van der Waals surface area contributed by atoms with E-state index in [0.29, 0.717) is 24.1 Å². The van der Waals surface area contributed by atoms with Gasteiger partial charge in [-0.3, -0.25) is 0 Å². The predicted molar refractivity (Wildman–Crippen MR) is 48.3 cm³/mol. The Balaban J connectivity index is 2.97. The van der Waals surface area contributed by atoms with Gasteiger partial charge >= 0.3 is 0 Å². The normalized spacial score (nSPS) is 9.92. The summed E-state index contributed by atoms with van der Waals surface area (Å²) in [5.74, 6) is 0.460. The van der Waals surface area contributed by atoms with E-state index in [1.165, 1.54) is 0 Å². The van der Waals surface area contributed by atoms with Crippen molar-refractivity contribution < 1.29 is 4.74 Å². The largest absolute Gasteiger partial charge is 0.477 e. The summed E-state index contributed by atoms with van der Waals surface area (Å²) in [5, 5.41) is 0.516. The Bertz CT molecular complexity index is 265. The maximum Gasteiger partial charge on any atom is 0.232 e. The summed E-state index contributed by atoms with van der Waals surface area (Å²) in [6, 6.07) is 1.78. The van der Waals surface area contributed by atoms with Crippen molar-refractivity contribution in [3.05, 3.63) is 22.8 Å². The number of hydrogen-bond donors (Lipinski definition) is 1. The summed E-state index contributed by atoms with van der Waals surface area (Å²) in [4.78, 5) is 3.97. The number of nitrogens with two attached hydrogens (primary N) is 1. The molecule has 1 rings (SSSR count). The molecular weight excluding hydrogens is 176 g/mol. The van der Waals surface area contributed by atoms with Gasteiger partial charge < -0.3 is 10.5 Å². The van der Waals surface area contributed by atoms with Gasteiger partial charge in [0.05, 0.1) is 6.61 Å². The van der Waals surface area contributed by atoms with Gasteiger partial charge in [-0.25, -0.2) is 4.98 Å². The van der Waals surface area contributed by atoms with Gasteiger partial charge in [-0.15, -0.1) is 0 Å². The number of rotatable bonds is 3. The molecule has 66 valence electrons. The van der Waals surface area contributed by atoms with Crippen molar-refractivity contribution in [3.8, 4) is 5.88 Å². The fraction of sp³-hybridized carbons (Fsp3) is 0.375. The van der Waals surface area contributed by atoms with Crippen LogP contribution in [-0.2, 0) is 6.54 Å². The lowest BCUT2D eigenvalue weighted by Gasteiger charge is -2.06. The quantitative estimate of drug-likeness (QED) is 0.780. The summed E-state index contributed by atoms with van der Waals surface area (Å²) in [7, 11) is 0. The van der Waals surface area contributed by atoms with E-state index in [1.54, 1.807) is 12.3 Å². The van der Waals surface area contributed by atoms with Crippen molar-refractivity contribution in [1.82, 2.24) is 4.98 Å². The summed E-state index contributed by atoms with van der Waals surface area (Å²) in [6.07, 6.45) is 1.64. The van der Waals surface area contributed by atoms with Crippen LogP contribution in [0, 0.1) is 0 Å². The Kier molecular flexibility index (Phi) is 3.31. The number of pyridine rings is 1. The van der Waals surface area contributed by atoms with E-state index in [0.717, 1.165) is 5.56 Å². The van der Waals surface area contributed by atoms with Gasteiger partial charge in [0.2, 0.25) is 5.88 Å². The zero-order chi connectivity index (χ0) is 8.97. The molecule has 0 spiro atoms. The molecule has 1 aromatic heterocycles. The first-order valence-electron chi connectivity index (χ1n) is 3.75. The average Bonchev–Trinajstić information content (AvgIpc) is 2.09. The van der Waals surface area contributed by atoms with Crippen molar-refractivity contribution in [2.45, 2.75) is 13.5 Å². The van der Waals surface area contributed by atoms with Crippen LogP contribution in [0.4, 0.5) is 0 Å². The third-order valence-corrected chi connectivity index (χ3v) is 1.84. The highest BCUT2D eigenvalue weighted by atomic mass is 35.5. The van der Waals surface area contributed by atoms with Gasteiger partial charge in [0.15, 0.2) is 0 Å². The summed E-state index contributed by atoms with van der Waals surface area (Å²) in [5.41, 5.74) is 6.30. The van der Waals surface area contributed by atoms with E-state index in [4.69, 9.17) is 22.1 Å². The first-order valence-corrected chi connectivity index (χ1v) is 4.13. The molecule has 0 radical (unpaired) electrons. The van der Waals surface area contributed by atoms with E-state index >= 15 is 0 Å². The Morgan fingerprint density at radius 3 is 3.00 bits per heavy atom. The van der Waals surface area contributed by atoms with Gasteiger partial charge in [0.25, 0.3) is 0 Å². The van der Waals surface area contributed by atoms with Crippen LogP contribution in [0.25, 0.3) is 0 Å². The lowest BCUT2D eigenvalue weighted by Crippen LogP contribution is -2.01. The Hall–Kier alpha value is -0.800. The maximum atomic E-state index is 5.92. The van der Waals surface area contributed by atoms with Crippen molar-refractivity contribution in [3.63, 3.8) is 0 Å². The lowest BCUT2D eigenvalue weighted by atomic mass is 10.3. The minimum Gasteiger partial charge on any atom is -0.477 e. The highest BCUT2D eigenvalue weighted by Crippen LogP contribution is 2.24. The Morgan fingerprint density at radius 1 is 1.67 bits per heavy atom. The molecule has 0 atom stereocenters.